The zero-order valence-electron chi connectivity index (χ0n) is 8.97. The first-order valence-corrected chi connectivity index (χ1v) is 5.13. The van der Waals surface area contributed by atoms with Gasteiger partial charge < -0.3 is 9.47 Å². The number of fused-ring (bicyclic) bond motifs is 1. The van der Waals surface area contributed by atoms with Crippen LogP contribution in [0, 0.1) is 0 Å². The second-order valence-electron chi connectivity index (χ2n) is 3.29. The first-order chi connectivity index (χ1) is 7.79. The zero-order valence-corrected chi connectivity index (χ0v) is 8.97. The van der Waals surface area contributed by atoms with Gasteiger partial charge in [0.05, 0.1) is 6.61 Å². The van der Waals surface area contributed by atoms with Crippen molar-refractivity contribution in [3.63, 3.8) is 0 Å². The van der Waals surface area contributed by atoms with Gasteiger partial charge in [0.25, 0.3) is 0 Å². The molecule has 16 heavy (non-hydrogen) atoms. The number of ether oxygens (including phenoxy) is 2. The van der Waals surface area contributed by atoms with E-state index in [1.54, 1.807) is 13.0 Å². The molecule has 3 heteroatoms. The van der Waals surface area contributed by atoms with Crippen molar-refractivity contribution in [3.05, 3.63) is 42.5 Å². The van der Waals surface area contributed by atoms with Gasteiger partial charge in [-0.2, -0.15) is 0 Å². The topological polar surface area (TPSA) is 35.5 Å². The third-order valence-corrected chi connectivity index (χ3v) is 2.18. The molecule has 2 aromatic rings. The highest BCUT2D eigenvalue weighted by atomic mass is 16.7. The summed E-state index contributed by atoms with van der Waals surface area (Å²) in [4.78, 5) is 11.1. The second kappa shape index (κ2) is 4.66. The average molecular weight is 216 g/mol. The molecular formula is C13H12O3. The Morgan fingerprint density at radius 3 is 2.62 bits per heavy atom. The maximum absolute atomic E-state index is 11.1. The molecule has 82 valence electrons. The summed E-state index contributed by atoms with van der Waals surface area (Å²) in [5.41, 5.74) is 0. The van der Waals surface area contributed by atoms with Crippen LogP contribution in [0.25, 0.3) is 10.8 Å². The molecule has 0 amide bonds. The van der Waals surface area contributed by atoms with Crippen LogP contribution in [0.3, 0.4) is 0 Å². The predicted molar refractivity (Wildman–Crippen MR) is 61.6 cm³/mol. The van der Waals surface area contributed by atoms with Gasteiger partial charge in [0.15, 0.2) is 0 Å². The number of carbonyl (C=O) groups excluding carboxylic acids is 1. The van der Waals surface area contributed by atoms with Crippen molar-refractivity contribution >= 4 is 16.9 Å². The summed E-state index contributed by atoms with van der Waals surface area (Å²) in [6.07, 6.45) is -0.669. The van der Waals surface area contributed by atoms with Crippen molar-refractivity contribution < 1.29 is 14.3 Å². The SMILES string of the molecule is CCOC(=O)Oc1ccc2ccccc2c1. The van der Waals surface area contributed by atoms with Gasteiger partial charge in [-0.15, -0.1) is 0 Å². The van der Waals surface area contributed by atoms with Crippen molar-refractivity contribution in [2.45, 2.75) is 6.92 Å². The van der Waals surface area contributed by atoms with Crippen molar-refractivity contribution in [2.24, 2.45) is 0 Å². The van der Waals surface area contributed by atoms with Gasteiger partial charge in [-0.25, -0.2) is 4.79 Å². The molecule has 2 aromatic carbocycles. The van der Waals surface area contributed by atoms with E-state index in [4.69, 9.17) is 9.47 Å². The smallest absolute Gasteiger partial charge is 0.434 e. The molecule has 0 radical (unpaired) electrons. The molecule has 0 aliphatic rings. The maximum Gasteiger partial charge on any atom is 0.513 e. The molecule has 0 atom stereocenters. The second-order valence-corrected chi connectivity index (χ2v) is 3.29. The first kappa shape index (κ1) is 10.5. The summed E-state index contributed by atoms with van der Waals surface area (Å²) in [5, 5.41) is 2.14. The molecule has 0 spiro atoms. The highest BCUT2D eigenvalue weighted by Crippen LogP contribution is 2.20. The minimum atomic E-state index is -0.669. The lowest BCUT2D eigenvalue weighted by Gasteiger charge is -2.04. The van der Waals surface area contributed by atoms with Crippen LogP contribution in [0.1, 0.15) is 6.92 Å². The van der Waals surface area contributed by atoms with Gasteiger partial charge in [-0.3, -0.25) is 0 Å². The lowest BCUT2D eigenvalue weighted by molar-refractivity contribution is 0.104. The molecule has 0 heterocycles. The Hall–Kier alpha value is -2.03. The van der Waals surface area contributed by atoms with E-state index >= 15 is 0 Å². The van der Waals surface area contributed by atoms with E-state index < -0.39 is 6.16 Å². The van der Waals surface area contributed by atoms with Gasteiger partial charge in [-0.1, -0.05) is 30.3 Å². The van der Waals surface area contributed by atoms with Crippen molar-refractivity contribution in [2.75, 3.05) is 6.61 Å². The quantitative estimate of drug-likeness (QED) is 0.570. The number of hydrogen-bond donors (Lipinski definition) is 0. The fourth-order valence-electron chi connectivity index (χ4n) is 1.47. The van der Waals surface area contributed by atoms with E-state index in [0.717, 1.165) is 10.8 Å². The highest BCUT2D eigenvalue weighted by Gasteiger charge is 2.04. The molecule has 0 aromatic heterocycles. The van der Waals surface area contributed by atoms with Gasteiger partial charge >= 0.3 is 6.16 Å². The molecule has 0 saturated heterocycles. The summed E-state index contributed by atoms with van der Waals surface area (Å²) >= 11 is 0. The van der Waals surface area contributed by atoms with Crippen LogP contribution in [-0.2, 0) is 4.74 Å². The fraction of sp³-hybridized carbons (Fsp3) is 0.154. The van der Waals surface area contributed by atoms with Crippen molar-refractivity contribution in [3.8, 4) is 5.75 Å². The summed E-state index contributed by atoms with van der Waals surface area (Å²) in [5.74, 6) is 0.497. The Morgan fingerprint density at radius 2 is 1.88 bits per heavy atom. The van der Waals surface area contributed by atoms with Crippen LogP contribution in [0.5, 0.6) is 5.75 Å². The van der Waals surface area contributed by atoms with Crippen molar-refractivity contribution in [1.82, 2.24) is 0 Å². The van der Waals surface area contributed by atoms with E-state index in [1.807, 2.05) is 36.4 Å². The summed E-state index contributed by atoms with van der Waals surface area (Å²) in [6, 6.07) is 13.3. The van der Waals surface area contributed by atoms with E-state index in [0.29, 0.717) is 12.4 Å². The molecule has 0 aliphatic heterocycles. The van der Waals surface area contributed by atoms with Crippen molar-refractivity contribution in [1.29, 1.82) is 0 Å². The third kappa shape index (κ3) is 2.31. The largest absolute Gasteiger partial charge is 0.513 e. The van der Waals surface area contributed by atoms with Gasteiger partial charge in [0.1, 0.15) is 5.75 Å². The number of benzene rings is 2. The lowest BCUT2D eigenvalue weighted by Crippen LogP contribution is -2.09. The summed E-state index contributed by atoms with van der Waals surface area (Å²) in [7, 11) is 0. The monoisotopic (exact) mass is 216 g/mol. The third-order valence-electron chi connectivity index (χ3n) is 2.18. The minimum absolute atomic E-state index is 0.312. The van der Waals surface area contributed by atoms with Gasteiger partial charge in [0, 0.05) is 0 Å². The molecule has 0 unspecified atom stereocenters. The lowest BCUT2D eigenvalue weighted by atomic mass is 10.1. The standard InChI is InChI=1S/C13H12O3/c1-2-15-13(14)16-12-8-7-10-5-3-4-6-11(10)9-12/h3-9H,2H2,1H3. The number of hydrogen-bond acceptors (Lipinski definition) is 3. The molecule has 0 N–H and O–H groups in total. The molecular weight excluding hydrogens is 204 g/mol. The van der Waals surface area contributed by atoms with E-state index in [9.17, 15) is 4.79 Å². The van der Waals surface area contributed by atoms with Crippen LogP contribution in [0.2, 0.25) is 0 Å². The van der Waals surface area contributed by atoms with E-state index in [2.05, 4.69) is 0 Å². The van der Waals surface area contributed by atoms with Crippen LogP contribution in [0.4, 0.5) is 4.79 Å². The molecule has 0 aliphatic carbocycles. The number of rotatable bonds is 2. The highest BCUT2D eigenvalue weighted by molar-refractivity contribution is 5.84. The van der Waals surface area contributed by atoms with Crippen LogP contribution in [-0.4, -0.2) is 12.8 Å². The molecule has 0 fully saturated rings. The van der Waals surface area contributed by atoms with Crippen LogP contribution < -0.4 is 4.74 Å². The van der Waals surface area contributed by atoms with Crippen LogP contribution >= 0.6 is 0 Å². The first-order valence-electron chi connectivity index (χ1n) is 5.13. The van der Waals surface area contributed by atoms with E-state index in [-0.39, 0.29) is 0 Å². The normalized spacial score (nSPS) is 10.1. The van der Waals surface area contributed by atoms with E-state index in [1.165, 1.54) is 0 Å². The summed E-state index contributed by atoms with van der Waals surface area (Å²) in [6.45, 7) is 2.05. The Morgan fingerprint density at radius 1 is 1.12 bits per heavy atom. The minimum Gasteiger partial charge on any atom is -0.434 e. The summed E-state index contributed by atoms with van der Waals surface area (Å²) < 4.78 is 9.70. The molecule has 0 saturated carbocycles. The molecule has 3 nitrogen and oxygen atoms in total. The number of carbonyl (C=O) groups is 1. The van der Waals surface area contributed by atoms with Crippen LogP contribution in [0.15, 0.2) is 42.5 Å². The molecule has 0 bridgehead atoms. The molecule has 2 rings (SSSR count). The Balaban J connectivity index is 2.22. The fourth-order valence-corrected chi connectivity index (χ4v) is 1.47. The Labute approximate surface area is 93.6 Å². The zero-order chi connectivity index (χ0) is 11.4. The predicted octanol–water partition coefficient (Wildman–Crippen LogP) is 3.38. The average Bonchev–Trinajstić information content (AvgIpc) is 2.29. The Kier molecular flexibility index (Phi) is 3.05. The Bertz CT molecular complexity index is 505. The maximum atomic E-state index is 11.1. The van der Waals surface area contributed by atoms with Gasteiger partial charge in [-0.05, 0) is 29.8 Å². The van der Waals surface area contributed by atoms with Gasteiger partial charge in [0.2, 0.25) is 0 Å².